The molecule has 2 heteroatoms. The summed E-state index contributed by atoms with van der Waals surface area (Å²) in [5.41, 5.74) is 2.48. The minimum Gasteiger partial charge on any atom is -0.482 e. The van der Waals surface area contributed by atoms with Gasteiger partial charge in [0, 0.05) is 12.0 Å². The van der Waals surface area contributed by atoms with Gasteiger partial charge in [0.2, 0.25) is 0 Å². The van der Waals surface area contributed by atoms with Gasteiger partial charge in [0.25, 0.3) is 0 Å². The molecule has 1 heterocycles. The van der Waals surface area contributed by atoms with Gasteiger partial charge in [-0.1, -0.05) is 24.3 Å². The van der Waals surface area contributed by atoms with E-state index in [1.165, 1.54) is 0 Å². The van der Waals surface area contributed by atoms with Gasteiger partial charge in [-0.3, -0.25) is 4.79 Å². The van der Waals surface area contributed by atoms with Gasteiger partial charge in [-0.25, -0.2) is 0 Å². The summed E-state index contributed by atoms with van der Waals surface area (Å²) in [6.07, 6.45) is 4.32. The van der Waals surface area contributed by atoms with Crippen LogP contribution in [0.15, 0.2) is 42.0 Å². The molecule has 0 aromatic heterocycles. The fraction of sp³-hybridized carbons (Fsp3) is 0.267. The lowest BCUT2D eigenvalue weighted by molar-refractivity contribution is -0.115. The highest BCUT2D eigenvalue weighted by atomic mass is 16.5. The second kappa shape index (κ2) is 3.33. The fourth-order valence-electron chi connectivity index (χ4n) is 2.30. The summed E-state index contributed by atoms with van der Waals surface area (Å²) in [6.45, 7) is 3.99. The largest absolute Gasteiger partial charge is 0.482 e. The van der Waals surface area contributed by atoms with Gasteiger partial charge >= 0.3 is 0 Å². The zero-order chi connectivity index (χ0) is 12.0. The second-order valence-corrected chi connectivity index (χ2v) is 5.04. The van der Waals surface area contributed by atoms with Crippen molar-refractivity contribution in [1.82, 2.24) is 0 Å². The first-order valence-electron chi connectivity index (χ1n) is 5.81. The maximum absolute atomic E-state index is 12.0. The molecule has 0 saturated heterocycles. The Labute approximate surface area is 101 Å². The summed E-state index contributed by atoms with van der Waals surface area (Å²) < 4.78 is 5.95. The van der Waals surface area contributed by atoms with E-state index in [2.05, 4.69) is 0 Å². The third-order valence-corrected chi connectivity index (χ3v) is 3.17. The van der Waals surface area contributed by atoms with Crippen molar-refractivity contribution in [2.45, 2.75) is 25.9 Å². The molecular weight excluding hydrogens is 212 g/mol. The predicted molar refractivity (Wildman–Crippen MR) is 66.4 cm³/mol. The van der Waals surface area contributed by atoms with Gasteiger partial charge in [0.15, 0.2) is 5.78 Å². The first-order chi connectivity index (χ1) is 8.07. The van der Waals surface area contributed by atoms with Gasteiger partial charge in [0.1, 0.15) is 11.4 Å². The number of benzene rings is 1. The lowest BCUT2D eigenvalue weighted by Gasteiger charge is -2.32. The van der Waals surface area contributed by atoms with Crippen LogP contribution in [0.1, 0.15) is 25.0 Å². The number of Topliss-reactive ketones (excluding diaryl/α,β-unsaturated/α-hetero) is 1. The number of ketones is 1. The number of ether oxygens (including phenoxy) is 1. The Morgan fingerprint density at radius 1 is 1.24 bits per heavy atom. The molecule has 0 saturated carbocycles. The van der Waals surface area contributed by atoms with Crippen molar-refractivity contribution < 1.29 is 9.53 Å². The van der Waals surface area contributed by atoms with Crippen LogP contribution in [0.3, 0.4) is 0 Å². The average molecular weight is 226 g/mol. The van der Waals surface area contributed by atoms with Crippen LogP contribution in [0.5, 0.6) is 0 Å². The minimum atomic E-state index is -0.344. The molecule has 0 N–H and O–H groups in total. The highest BCUT2D eigenvalue weighted by Crippen LogP contribution is 2.37. The number of hydrogen-bond donors (Lipinski definition) is 0. The number of carbonyl (C=O) groups is 1. The van der Waals surface area contributed by atoms with Crippen LogP contribution in [-0.4, -0.2) is 11.4 Å². The Bertz CT molecular complexity index is 562. The summed E-state index contributed by atoms with van der Waals surface area (Å²) in [6, 6.07) is 7.95. The molecule has 0 radical (unpaired) electrons. The lowest BCUT2D eigenvalue weighted by Crippen LogP contribution is -2.28. The molecule has 3 rings (SSSR count). The predicted octanol–water partition coefficient (Wildman–Crippen LogP) is 2.89. The topological polar surface area (TPSA) is 26.3 Å². The van der Waals surface area contributed by atoms with Crippen LogP contribution in [0.25, 0.3) is 5.76 Å². The van der Waals surface area contributed by atoms with Gasteiger partial charge < -0.3 is 4.74 Å². The van der Waals surface area contributed by atoms with Gasteiger partial charge in [-0.05, 0) is 31.6 Å². The van der Waals surface area contributed by atoms with Gasteiger partial charge in [-0.2, -0.15) is 0 Å². The van der Waals surface area contributed by atoms with E-state index in [-0.39, 0.29) is 11.4 Å². The molecule has 0 fully saturated rings. The number of allylic oxidation sites excluding steroid dienone is 2. The summed E-state index contributed by atoms with van der Waals surface area (Å²) in [5.74, 6) is 0.884. The minimum absolute atomic E-state index is 0.144. The van der Waals surface area contributed by atoms with Crippen LogP contribution < -0.4 is 0 Å². The Kier molecular flexibility index (Phi) is 2.02. The molecule has 1 aromatic carbocycles. The zero-order valence-corrected chi connectivity index (χ0v) is 9.99. The Hall–Kier alpha value is -1.83. The molecule has 0 atom stereocenters. The van der Waals surface area contributed by atoms with Crippen molar-refractivity contribution in [3.8, 4) is 0 Å². The van der Waals surface area contributed by atoms with Crippen molar-refractivity contribution in [3.05, 3.63) is 53.1 Å². The molecule has 17 heavy (non-hydrogen) atoms. The third kappa shape index (κ3) is 1.60. The van der Waals surface area contributed by atoms with Gasteiger partial charge in [-0.15, -0.1) is 0 Å². The molecule has 0 unspecified atom stereocenters. The number of hydrogen-bond acceptors (Lipinski definition) is 2. The van der Waals surface area contributed by atoms with E-state index in [0.717, 1.165) is 16.9 Å². The van der Waals surface area contributed by atoms with E-state index >= 15 is 0 Å². The standard InChI is InChI=1S/C15H14O2/c1-15(2)8-7-12-13(16)9-10-5-3-4-6-11(10)14(12)17-15/h3-8H,9H2,1-2H3. The highest BCUT2D eigenvalue weighted by molar-refractivity contribution is 6.08. The Morgan fingerprint density at radius 2 is 2.00 bits per heavy atom. The Balaban J connectivity index is 2.20. The average Bonchev–Trinajstić information content (AvgIpc) is 2.28. The summed E-state index contributed by atoms with van der Waals surface area (Å²) in [5, 5.41) is 0. The van der Waals surface area contributed by atoms with Crippen molar-refractivity contribution in [2.75, 3.05) is 0 Å². The quantitative estimate of drug-likeness (QED) is 0.680. The van der Waals surface area contributed by atoms with Crippen molar-refractivity contribution in [2.24, 2.45) is 0 Å². The molecule has 2 nitrogen and oxygen atoms in total. The summed E-state index contributed by atoms with van der Waals surface area (Å²) >= 11 is 0. The van der Waals surface area contributed by atoms with E-state index in [1.54, 1.807) is 0 Å². The lowest BCUT2D eigenvalue weighted by atomic mass is 9.87. The number of fused-ring (bicyclic) bond motifs is 2. The molecule has 0 amide bonds. The van der Waals surface area contributed by atoms with Crippen LogP contribution in [-0.2, 0) is 16.0 Å². The van der Waals surface area contributed by atoms with Crippen LogP contribution in [0, 0.1) is 0 Å². The van der Waals surface area contributed by atoms with Crippen molar-refractivity contribution in [1.29, 1.82) is 0 Å². The second-order valence-electron chi connectivity index (χ2n) is 5.04. The molecule has 1 aliphatic carbocycles. The molecule has 1 aromatic rings. The summed E-state index contributed by atoms with van der Waals surface area (Å²) in [7, 11) is 0. The van der Waals surface area contributed by atoms with Crippen LogP contribution >= 0.6 is 0 Å². The zero-order valence-electron chi connectivity index (χ0n) is 9.99. The van der Waals surface area contributed by atoms with Crippen molar-refractivity contribution >= 4 is 11.5 Å². The number of rotatable bonds is 0. The first kappa shape index (κ1) is 10.3. The molecule has 1 aliphatic heterocycles. The van der Waals surface area contributed by atoms with Crippen LogP contribution in [0.2, 0.25) is 0 Å². The summed E-state index contributed by atoms with van der Waals surface area (Å²) in [4.78, 5) is 12.0. The number of carbonyl (C=O) groups excluding carboxylic acids is 1. The molecule has 86 valence electrons. The van der Waals surface area contributed by atoms with E-state index in [1.807, 2.05) is 50.3 Å². The van der Waals surface area contributed by atoms with E-state index in [9.17, 15) is 4.79 Å². The molecular formula is C15H14O2. The van der Waals surface area contributed by atoms with Crippen molar-refractivity contribution in [3.63, 3.8) is 0 Å². The van der Waals surface area contributed by atoms with E-state index in [4.69, 9.17) is 4.74 Å². The first-order valence-corrected chi connectivity index (χ1v) is 5.81. The normalized spacial score (nSPS) is 20.7. The van der Waals surface area contributed by atoms with E-state index < -0.39 is 0 Å². The third-order valence-electron chi connectivity index (χ3n) is 3.17. The maximum atomic E-state index is 12.0. The van der Waals surface area contributed by atoms with Gasteiger partial charge in [0.05, 0.1) is 5.57 Å². The molecule has 0 spiro atoms. The van der Waals surface area contributed by atoms with E-state index in [0.29, 0.717) is 12.0 Å². The molecule has 0 bridgehead atoms. The molecule has 2 aliphatic rings. The smallest absolute Gasteiger partial charge is 0.170 e. The highest BCUT2D eigenvalue weighted by Gasteiger charge is 2.31. The Morgan fingerprint density at radius 3 is 2.82 bits per heavy atom. The maximum Gasteiger partial charge on any atom is 0.170 e. The monoisotopic (exact) mass is 226 g/mol. The SMILES string of the molecule is CC1(C)C=CC2=C(O1)c1ccccc1CC2=O. The van der Waals surface area contributed by atoms with Crippen LogP contribution in [0.4, 0.5) is 0 Å². The fourth-order valence-corrected chi connectivity index (χ4v) is 2.30.